The molecule has 0 spiro atoms. The van der Waals surface area contributed by atoms with E-state index >= 15 is 0 Å². The standard InChI is InChI=1S/C22H26BrN3O2/c1-15-3-6-19(7-4-15)24-21(27)14-26-11-9-17(10-12-26)22(28)25-20-8-5-18(23)13-16(20)2/h3-8,13,17H,9-12,14H2,1-2H3,(H,24,27)(H,25,28). The first kappa shape index (κ1) is 20.6. The molecule has 3 rings (SSSR count). The van der Waals surface area contributed by atoms with Gasteiger partial charge in [-0.15, -0.1) is 0 Å². The summed E-state index contributed by atoms with van der Waals surface area (Å²) in [5.41, 5.74) is 3.87. The van der Waals surface area contributed by atoms with Gasteiger partial charge in [0.15, 0.2) is 0 Å². The van der Waals surface area contributed by atoms with E-state index in [1.165, 1.54) is 0 Å². The van der Waals surface area contributed by atoms with Crippen molar-refractivity contribution < 1.29 is 9.59 Å². The third-order valence-corrected chi connectivity index (χ3v) is 5.60. The summed E-state index contributed by atoms with van der Waals surface area (Å²) in [5, 5.41) is 5.97. The fourth-order valence-corrected chi connectivity index (χ4v) is 3.87. The fraction of sp³-hybridized carbons (Fsp3) is 0.364. The zero-order valence-electron chi connectivity index (χ0n) is 16.3. The van der Waals surface area contributed by atoms with Crippen LogP contribution in [0.15, 0.2) is 46.9 Å². The number of piperidine rings is 1. The van der Waals surface area contributed by atoms with Crippen LogP contribution in [-0.2, 0) is 9.59 Å². The van der Waals surface area contributed by atoms with E-state index in [1.54, 1.807) is 0 Å². The minimum Gasteiger partial charge on any atom is -0.326 e. The third-order valence-electron chi connectivity index (χ3n) is 5.11. The summed E-state index contributed by atoms with van der Waals surface area (Å²) < 4.78 is 1.00. The van der Waals surface area contributed by atoms with Gasteiger partial charge in [0, 0.05) is 21.8 Å². The molecule has 0 radical (unpaired) electrons. The second-order valence-electron chi connectivity index (χ2n) is 7.41. The van der Waals surface area contributed by atoms with Gasteiger partial charge in [-0.25, -0.2) is 0 Å². The van der Waals surface area contributed by atoms with Gasteiger partial charge in [-0.1, -0.05) is 33.6 Å². The Morgan fingerprint density at radius 1 is 1.04 bits per heavy atom. The van der Waals surface area contributed by atoms with E-state index in [0.717, 1.165) is 52.9 Å². The van der Waals surface area contributed by atoms with E-state index in [0.29, 0.717) is 6.54 Å². The van der Waals surface area contributed by atoms with Gasteiger partial charge in [-0.2, -0.15) is 0 Å². The van der Waals surface area contributed by atoms with Crippen molar-refractivity contribution in [2.24, 2.45) is 5.92 Å². The Kier molecular flexibility index (Phi) is 6.86. The predicted octanol–water partition coefficient (Wildman–Crippen LogP) is 4.36. The van der Waals surface area contributed by atoms with E-state index in [2.05, 4.69) is 31.5 Å². The lowest BCUT2D eigenvalue weighted by Crippen LogP contribution is -2.41. The number of amides is 2. The lowest BCUT2D eigenvalue weighted by Gasteiger charge is -2.30. The highest BCUT2D eigenvalue weighted by Crippen LogP contribution is 2.23. The molecule has 1 saturated heterocycles. The number of hydrogen-bond donors (Lipinski definition) is 2. The molecule has 6 heteroatoms. The summed E-state index contributed by atoms with van der Waals surface area (Å²) in [6.45, 7) is 5.85. The molecular weight excluding hydrogens is 418 g/mol. The summed E-state index contributed by atoms with van der Waals surface area (Å²) in [4.78, 5) is 26.9. The average molecular weight is 444 g/mol. The Balaban J connectivity index is 1.45. The monoisotopic (exact) mass is 443 g/mol. The maximum atomic E-state index is 12.6. The molecule has 0 bridgehead atoms. The SMILES string of the molecule is Cc1ccc(NC(=O)CN2CCC(C(=O)Nc3ccc(Br)cc3C)CC2)cc1. The van der Waals surface area contributed by atoms with Crippen LogP contribution in [-0.4, -0.2) is 36.3 Å². The van der Waals surface area contributed by atoms with Gasteiger partial charge < -0.3 is 10.6 Å². The highest BCUT2D eigenvalue weighted by atomic mass is 79.9. The van der Waals surface area contributed by atoms with Crippen LogP contribution in [0.1, 0.15) is 24.0 Å². The molecule has 2 aromatic carbocycles. The predicted molar refractivity (Wildman–Crippen MR) is 116 cm³/mol. The van der Waals surface area contributed by atoms with Gasteiger partial charge in [0.05, 0.1) is 6.54 Å². The number of nitrogens with zero attached hydrogens (tertiary/aromatic N) is 1. The molecule has 2 N–H and O–H groups in total. The Bertz CT molecular complexity index is 843. The van der Waals surface area contributed by atoms with Gasteiger partial charge in [0.2, 0.25) is 11.8 Å². The number of halogens is 1. The number of rotatable bonds is 5. The van der Waals surface area contributed by atoms with Crippen LogP contribution in [0.3, 0.4) is 0 Å². The Hall–Kier alpha value is -2.18. The average Bonchev–Trinajstić information content (AvgIpc) is 2.66. The maximum Gasteiger partial charge on any atom is 0.238 e. The van der Waals surface area contributed by atoms with Gasteiger partial charge >= 0.3 is 0 Å². The number of nitrogens with one attached hydrogen (secondary N) is 2. The Morgan fingerprint density at radius 2 is 1.71 bits per heavy atom. The number of likely N-dealkylation sites (tertiary alicyclic amines) is 1. The molecule has 0 unspecified atom stereocenters. The highest BCUT2D eigenvalue weighted by Gasteiger charge is 2.26. The van der Waals surface area contributed by atoms with E-state index in [1.807, 2.05) is 56.3 Å². The molecule has 2 amide bonds. The minimum absolute atomic E-state index is 0.0144. The van der Waals surface area contributed by atoms with E-state index in [9.17, 15) is 9.59 Å². The van der Waals surface area contributed by atoms with Crippen LogP contribution < -0.4 is 10.6 Å². The van der Waals surface area contributed by atoms with E-state index in [4.69, 9.17) is 0 Å². The van der Waals surface area contributed by atoms with Gasteiger partial charge in [-0.05, 0) is 75.7 Å². The van der Waals surface area contributed by atoms with Crippen LogP contribution in [0, 0.1) is 19.8 Å². The molecule has 148 valence electrons. The number of aryl methyl sites for hydroxylation is 2. The minimum atomic E-state index is -0.0164. The van der Waals surface area contributed by atoms with Crippen molar-refractivity contribution in [3.05, 3.63) is 58.1 Å². The van der Waals surface area contributed by atoms with Crippen molar-refractivity contribution in [3.63, 3.8) is 0 Å². The van der Waals surface area contributed by atoms with Crippen LogP contribution >= 0.6 is 15.9 Å². The Morgan fingerprint density at radius 3 is 2.36 bits per heavy atom. The van der Waals surface area contributed by atoms with Crippen molar-refractivity contribution in [2.75, 3.05) is 30.3 Å². The zero-order valence-corrected chi connectivity index (χ0v) is 17.9. The number of carbonyl (C=O) groups is 2. The van der Waals surface area contributed by atoms with Crippen molar-refractivity contribution >= 4 is 39.1 Å². The van der Waals surface area contributed by atoms with Crippen LogP contribution in [0.4, 0.5) is 11.4 Å². The normalized spacial score (nSPS) is 15.2. The quantitative estimate of drug-likeness (QED) is 0.721. The topological polar surface area (TPSA) is 61.4 Å². The molecule has 1 fully saturated rings. The molecule has 1 aliphatic heterocycles. The molecule has 0 aromatic heterocycles. The maximum absolute atomic E-state index is 12.6. The van der Waals surface area contributed by atoms with Gasteiger partial charge in [-0.3, -0.25) is 14.5 Å². The highest BCUT2D eigenvalue weighted by molar-refractivity contribution is 9.10. The van der Waals surface area contributed by atoms with Crippen LogP contribution in [0.25, 0.3) is 0 Å². The number of carbonyl (C=O) groups excluding carboxylic acids is 2. The molecule has 0 aliphatic carbocycles. The molecule has 0 atom stereocenters. The fourth-order valence-electron chi connectivity index (χ4n) is 3.40. The molecule has 2 aromatic rings. The van der Waals surface area contributed by atoms with Crippen molar-refractivity contribution in [2.45, 2.75) is 26.7 Å². The number of hydrogen-bond acceptors (Lipinski definition) is 3. The molecule has 1 aliphatic rings. The summed E-state index contributed by atoms with van der Waals surface area (Å²) in [7, 11) is 0. The summed E-state index contributed by atoms with van der Waals surface area (Å²) in [6.07, 6.45) is 1.53. The lowest BCUT2D eigenvalue weighted by atomic mass is 9.95. The van der Waals surface area contributed by atoms with Crippen molar-refractivity contribution in [3.8, 4) is 0 Å². The van der Waals surface area contributed by atoms with E-state index in [-0.39, 0.29) is 17.7 Å². The molecule has 5 nitrogen and oxygen atoms in total. The smallest absolute Gasteiger partial charge is 0.238 e. The first-order valence-corrected chi connectivity index (χ1v) is 10.4. The Labute approximate surface area is 174 Å². The summed E-state index contributed by atoms with van der Waals surface area (Å²) in [5.74, 6) is 0.0332. The zero-order chi connectivity index (χ0) is 20.1. The molecular formula is C22H26BrN3O2. The largest absolute Gasteiger partial charge is 0.326 e. The second kappa shape index (κ2) is 9.34. The summed E-state index contributed by atoms with van der Waals surface area (Å²) in [6, 6.07) is 13.6. The number of benzene rings is 2. The first-order chi connectivity index (χ1) is 13.4. The van der Waals surface area contributed by atoms with Crippen LogP contribution in [0.5, 0.6) is 0 Å². The summed E-state index contributed by atoms with van der Waals surface area (Å²) >= 11 is 3.44. The van der Waals surface area contributed by atoms with Gasteiger partial charge in [0.25, 0.3) is 0 Å². The van der Waals surface area contributed by atoms with E-state index < -0.39 is 0 Å². The number of anilines is 2. The van der Waals surface area contributed by atoms with Crippen molar-refractivity contribution in [1.82, 2.24) is 4.90 Å². The molecule has 0 saturated carbocycles. The van der Waals surface area contributed by atoms with Gasteiger partial charge in [0.1, 0.15) is 0 Å². The molecule has 28 heavy (non-hydrogen) atoms. The van der Waals surface area contributed by atoms with Crippen LogP contribution in [0.2, 0.25) is 0 Å². The lowest BCUT2D eigenvalue weighted by molar-refractivity contribution is -0.121. The van der Waals surface area contributed by atoms with Crippen molar-refractivity contribution in [1.29, 1.82) is 0 Å². The third kappa shape index (κ3) is 5.66. The first-order valence-electron chi connectivity index (χ1n) is 9.56. The second-order valence-corrected chi connectivity index (χ2v) is 8.33. The molecule has 1 heterocycles.